The van der Waals surface area contributed by atoms with Crippen LogP contribution < -0.4 is 5.69 Å². The van der Waals surface area contributed by atoms with Gasteiger partial charge in [0.05, 0.1) is 17.2 Å². The van der Waals surface area contributed by atoms with Crippen LogP contribution in [-0.2, 0) is 4.79 Å². The summed E-state index contributed by atoms with van der Waals surface area (Å²) < 4.78 is 1.27. The second-order valence-corrected chi connectivity index (χ2v) is 4.22. The Hall–Kier alpha value is -2.11. The molecule has 2 aromatic rings. The molecule has 0 aliphatic carbocycles. The molecule has 0 spiro atoms. The van der Waals surface area contributed by atoms with Crippen molar-refractivity contribution in [1.82, 2.24) is 14.5 Å². The summed E-state index contributed by atoms with van der Waals surface area (Å²) >= 11 is 0. The van der Waals surface area contributed by atoms with Gasteiger partial charge in [0.1, 0.15) is 6.04 Å². The van der Waals surface area contributed by atoms with E-state index in [-0.39, 0.29) is 5.92 Å². The summed E-state index contributed by atoms with van der Waals surface area (Å²) in [4.78, 5) is 29.5. The average molecular weight is 235 g/mol. The van der Waals surface area contributed by atoms with Crippen LogP contribution in [0.5, 0.6) is 0 Å². The number of aromatic amines is 1. The van der Waals surface area contributed by atoms with Crippen LogP contribution in [0.4, 0.5) is 0 Å². The Labute approximate surface area is 96.9 Å². The molecule has 0 saturated heterocycles. The number of fused-ring (bicyclic) bond motifs is 1. The highest BCUT2D eigenvalue weighted by atomic mass is 16.4. The molecule has 0 saturated carbocycles. The fourth-order valence-corrected chi connectivity index (χ4v) is 1.95. The van der Waals surface area contributed by atoms with Crippen molar-refractivity contribution in [3.8, 4) is 0 Å². The zero-order valence-electron chi connectivity index (χ0n) is 9.54. The normalized spacial score (nSPS) is 13.1. The molecule has 2 rings (SSSR count). The molecule has 1 unspecified atom stereocenters. The highest BCUT2D eigenvalue weighted by molar-refractivity contribution is 5.79. The molecule has 0 bridgehead atoms. The van der Waals surface area contributed by atoms with Crippen molar-refractivity contribution in [3.05, 3.63) is 28.9 Å². The first-order chi connectivity index (χ1) is 8.02. The van der Waals surface area contributed by atoms with Gasteiger partial charge in [0, 0.05) is 6.20 Å². The minimum atomic E-state index is -1.01. The maximum atomic E-state index is 11.8. The number of imidazole rings is 1. The van der Waals surface area contributed by atoms with Crippen molar-refractivity contribution in [2.24, 2.45) is 5.92 Å². The Kier molecular flexibility index (Phi) is 2.71. The summed E-state index contributed by atoms with van der Waals surface area (Å²) in [6, 6.07) is 0.754. The fraction of sp³-hybridized carbons (Fsp3) is 0.364. The predicted octanol–water partition coefficient (Wildman–Crippen LogP) is 1.01. The van der Waals surface area contributed by atoms with Gasteiger partial charge < -0.3 is 10.1 Å². The van der Waals surface area contributed by atoms with Gasteiger partial charge in [0.15, 0.2) is 0 Å². The lowest BCUT2D eigenvalue weighted by Gasteiger charge is -2.17. The van der Waals surface area contributed by atoms with Crippen molar-refractivity contribution in [3.63, 3.8) is 0 Å². The van der Waals surface area contributed by atoms with E-state index >= 15 is 0 Å². The van der Waals surface area contributed by atoms with Crippen molar-refractivity contribution in [2.45, 2.75) is 19.9 Å². The van der Waals surface area contributed by atoms with E-state index in [1.807, 2.05) is 0 Å². The van der Waals surface area contributed by atoms with Crippen LogP contribution in [0.2, 0.25) is 0 Å². The van der Waals surface area contributed by atoms with Gasteiger partial charge in [-0.2, -0.15) is 0 Å². The van der Waals surface area contributed by atoms with Gasteiger partial charge in [0.25, 0.3) is 0 Å². The lowest BCUT2D eigenvalue weighted by Crippen LogP contribution is -2.31. The third-order valence-corrected chi connectivity index (χ3v) is 2.68. The third kappa shape index (κ3) is 1.82. The van der Waals surface area contributed by atoms with Crippen molar-refractivity contribution in [1.29, 1.82) is 0 Å². The van der Waals surface area contributed by atoms with Crippen LogP contribution in [0.3, 0.4) is 0 Å². The number of nitrogens with one attached hydrogen (secondary N) is 1. The third-order valence-electron chi connectivity index (χ3n) is 2.68. The van der Waals surface area contributed by atoms with E-state index < -0.39 is 17.7 Å². The number of hydrogen-bond acceptors (Lipinski definition) is 3. The van der Waals surface area contributed by atoms with Gasteiger partial charge in [-0.25, -0.2) is 9.59 Å². The average Bonchev–Trinajstić information content (AvgIpc) is 2.55. The first-order valence-electron chi connectivity index (χ1n) is 5.29. The zero-order valence-corrected chi connectivity index (χ0v) is 9.54. The molecule has 17 heavy (non-hydrogen) atoms. The van der Waals surface area contributed by atoms with E-state index in [4.69, 9.17) is 0 Å². The van der Waals surface area contributed by atoms with E-state index in [9.17, 15) is 14.7 Å². The maximum Gasteiger partial charge on any atom is 0.327 e. The van der Waals surface area contributed by atoms with Crippen LogP contribution in [0.15, 0.2) is 23.3 Å². The van der Waals surface area contributed by atoms with Crippen molar-refractivity contribution >= 4 is 17.0 Å². The SMILES string of the molecule is CC(C)C(C(=O)O)n1c(=O)[nH]c2cnccc21. The Morgan fingerprint density at radius 3 is 2.82 bits per heavy atom. The first-order valence-corrected chi connectivity index (χ1v) is 5.29. The quantitative estimate of drug-likeness (QED) is 0.830. The summed E-state index contributed by atoms with van der Waals surface area (Å²) in [7, 11) is 0. The molecule has 2 heterocycles. The van der Waals surface area contributed by atoms with Crippen molar-refractivity contribution < 1.29 is 9.90 Å². The monoisotopic (exact) mass is 235 g/mol. The number of carbonyl (C=O) groups is 1. The number of H-pyrrole nitrogens is 1. The maximum absolute atomic E-state index is 11.8. The first kappa shape index (κ1) is 11.4. The standard InChI is InChI=1S/C11H13N3O3/c1-6(2)9(10(15)16)14-8-3-4-12-5-7(8)13-11(14)17/h3-6,9H,1-2H3,(H,13,17)(H,15,16). The Bertz CT molecular complexity index is 612. The van der Waals surface area contributed by atoms with Gasteiger partial charge >= 0.3 is 11.7 Å². The van der Waals surface area contributed by atoms with E-state index in [0.29, 0.717) is 11.0 Å². The fourth-order valence-electron chi connectivity index (χ4n) is 1.95. The molecule has 6 heteroatoms. The Morgan fingerprint density at radius 1 is 1.53 bits per heavy atom. The molecule has 0 radical (unpaired) electrons. The van der Waals surface area contributed by atoms with Gasteiger partial charge in [-0.15, -0.1) is 0 Å². The van der Waals surface area contributed by atoms with E-state index in [1.54, 1.807) is 19.9 Å². The summed E-state index contributed by atoms with van der Waals surface area (Å²) in [5.41, 5.74) is 0.685. The Morgan fingerprint density at radius 2 is 2.24 bits per heavy atom. The zero-order chi connectivity index (χ0) is 12.6. The molecular formula is C11H13N3O3. The predicted molar refractivity (Wildman–Crippen MR) is 61.9 cm³/mol. The topological polar surface area (TPSA) is 88.0 Å². The smallest absolute Gasteiger partial charge is 0.327 e. The van der Waals surface area contributed by atoms with Gasteiger partial charge in [-0.05, 0) is 12.0 Å². The highest BCUT2D eigenvalue weighted by Gasteiger charge is 2.26. The van der Waals surface area contributed by atoms with E-state index in [0.717, 1.165) is 0 Å². The van der Waals surface area contributed by atoms with E-state index in [1.165, 1.54) is 17.0 Å². The minimum absolute atomic E-state index is 0.183. The number of rotatable bonds is 3. The highest BCUT2D eigenvalue weighted by Crippen LogP contribution is 2.20. The number of hydrogen-bond donors (Lipinski definition) is 2. The molecule has 0 fully saturated rings. The second kappa shape index (κ2) is 4.04. The van der Waals surface area contributed by atoms with Gasteiger partial charge in [-0.1, -0.05) is 13.8 Å². The molecule has 2 N–H and O–H groups in total. The summed E-state index contributed by atoms with van der Waals surface area (Å²) in [6.07, 6.45) is 3.04. The molecule has 0 aliphatic rings. The van der Waals surface area contributed by atoms with E-state index in [2.05, 4.69) is 9.97 Å². The number of aromatic nitrogens is 3. The molecule has 90 valence electrons. The van der Waals surface area contributed by atoms with Crippen LogP contribution >= 0.6 is 0 Å². The largest absolute Gasteiger partial charge is 0.480 e. The molecule has 0 aliphatic heterocycles. The number of aliphatic carboxylic acids is 1. The molecule has 6 nitrogen and oxygen atoms in total. The lowest BCUT2D eigenvalue weighted by atomic mass is 10.0. The number of pyridine rings is 1. The van der Waals surface area contributed by atoms with Gasteiger partial charge in [-0.3, -0.25) is 9.55 Å². The number of nitrogens with zero attached hydrogens (tertiary/aromatic N) is 2. The number of carboxylic acids is 1. The van der Waals surface area contributed by atoms with Crippen LogP contribution in [0, 0.1) is 5.92 Å². The number of carboxylic acid groups (broad SMARTS) is 1. The molecule has 1 atom stereocenters. The van der Waals surface area contributed by atoms with Crippen molar-refractivity contribution in [2.75, 3.05) is 0 Å². The van der Waals surface area contributed by atoms with Gasteiger partial charge in [0.2, 0.25) is 0 Å². The molecule has 2 aromatic heterocycles. The molecule has 0 amide bonds. The summed E-state index contributed by atoms with van der Waals surface area (Å²) in [6.45, 7) is 3.54. The second-order valence-electron chi connectivity index (χ2n) is 4.22. The minimum Gasteiger partial charge on any atom is -0.480 e. The summed E-state index contributed by atoms with van der Waals surface area (Å²) in [5.74, 6) is -1.20. The Balaban J connectivity index is 2.72. The van der Waals surface area contributed by atoms with Crippen LogP contribution in [0.25, 0.3) is 11.0 Å². The summed E-state index contributed by atoms with van der Waals surface area (Å²) in [5, 5.41) is 9.21. The van der Waals surface area contributed by atoms with Crippen LogP contribution in [0.1, 0.15) is 19.9 Å². The lowest BCUT2D eigenvalue weighted by molar-refractivity contribution is -0.142. The molecule has 0 aromatic carbocycles. The molecular weight excluding hydrogens is 222 g/mol. The van der Waals surface area contributed by atoms with Crippen LogP contribution in [-0.4, -0.2) is 25.6 Å².